The van der Waals surface area contributed by atoms with Crippen LogP contribution >= 0.6 is 0 Å². The molecule has 1 unspecified atom stereocenters. The van der Waals surface area contributed by atoms with Crippen LogP contribution in [0.1, 0.15) is 6.42 Å². The van der Waals surface area contributed by atoms with Crippen LogP contribution in [0, 0.1) is 0 Å². The largest absolute Gasteiger partial charge is 0.481 e. The van der Waals surface area contributed by atoms with Crippen LogP contribution in [-0.4, -0.2) is 75.3 Å². The predicted octanol–water partition coefficient (Wildman–Crippen LogP) is -0.175. The number of hydrogen-bond donors (Lipinski definition) is 1. The van der Waals surface area contributed by atoms with E-state index >= 15 is 0 Å². The van der Waals surface area contributed by atoms with Crippen molar-refractivity contribution in [3.05, 3.63) is 0 Å². The summed E-state index contributed by atoms with van der Waals surface area (Å²) in [5, 5.41) is 8.80. The second-order valence-corrected chi connectivity index (χ2v) is 3.97. The quantitative estimate of drug-likeness (QED) is 0.600. The number of ether oxygens (including phenoxy) is 3. The van der Waals surface area contributed by atoms with Crippen LogP contribution in [0.15, 0.2) is 0 Å². The van der Waals surface area contributed by atoms with E-state index in [1.54, 1.807) is 7.11 Å². The van der Waals surface area contributed by atoms with Gasteiger partial charge in [0.05, 0.1) is 39.5 Å². The molecule has 1 fully saturated rings. The molecule has 1 heterocycles. The maximum atomic E-state index is 10.7. The Kier molecular flexibility index (Phi) is 7.11. The zero-order chi connectivity index (χ0) is 12.5. The maximum Gasteiger partial charge on any atom is 0.305 e. The van der Waals surface area contributed by atoms with Crippen molar-refractivity contribution in [1.82, 2.24) is 4.90 Å². The van der Waals surface area contributed by atoms with E-state index in [9.17, 15) is 4.79 Å². The lowest BCUT2D eigenvalue weighted by molar-refractivity contribution is -0.140. The van der Waals surface area contributed by atoms with Crippen LogP contribution in [0.4, 0.5) is 0 Å². The maximum absolute atomic E-state index is 10.7. The fourth-order valence-corrected chi connectivity index (χ4v) is 1.80. The van der Waals surface area contributed by atoms with Crippen molar-refractivity contribution < 1.29 is 24.1 Å². The fourth-order valence-electron chi connectivity index (χ4n) is 1.80. The monoisotopic (exact) mass is 247 g/mol. The number of morpholine rings is 1. The molecule has 0 radical (unpaired) electrons. The first-order valence-corrected chi connectivity index (χ1v) is 5.84. The Bertz CT molecular complexity index is 224. The van der Waals surface area contributed by atoms with Gasteiger partial charge in [-0.1, -0.05) is 0 Å². The first-order chi connectivity index (χ1) is 8.24. The van der Waals surface area contributed by atoms with Gasteiger partial charge in [0.1, 0.15) is 0 Å². The molecule has 1 rings (SSSR count). The Labute approximate surface area is 101 Å². The molecular formula is C11H21NO5. The molecule has 0 spiro atoms. The van der Waals surface area contributed by atoms with Crippen molar-refractivity contribution in [2.45, 2.75) is 12.5 Å². The highest BCUT2D eigenvalue weighted by Gasteiger charge is 2.24. The van der Waals surface area contributed by atoms with E-state index in [4.69, 9.17) is 19.3 Å². The molecule has 0 saturated carbocycles. The third-order valence-corrected chi connectivity index (χ3v) is 2.71. The molecule has 6 heteroatoms. The summed E-state index contributed by atoms with van der Waals surface area (Å²) < 4.78 is 15.5. The molecule has 0 aromatic rings. The van der Waals surface area contributed by atoms with E-state index in [0.29, 0.717) is 33.0 Å². The van der Waals surface area contributed by atoms with Gasteiger partial charge in [0.25, 0.3) is 0 Å². The second-order valence-electron chi connectivity index (χ2n) is 3.97. The van der Waals surface area contributed by atoms with Crippen molar-refractivity contribution in [2.75, 3.05) is 53.2 Å². The number of nitrogens with zero attached hydrogens (tertiary/aromatic N) is 1. The van der Waals surface area contributed by atoms with E-state index in [-0.39, 0.29) is 12.5 Å². The van der Waals surface area contributed by atoms with E-state index < -0.39 is 5.97 Å². The summed E-state index contributed by atoms with van der Waals surface area (Å²) in [5.41, 5.74) is 0. The van der Waals surface area contributed by atoms with Crippen molar-refractivity contribution in [1.29, 1.82) is 0 Å². The summed E-state index contributed by atoms with van der Waals surface area (Å²) in [5.74, 6) is -0.786. The number of carboxylic acids is 1. The zero-order valence-electron chi connectivity index (χ0n) is 10.3. The lowest BCUT2D eigenvalue weighted by atomic mass is 10.1. The standard InChI is InChI=1S/C11H21NO5/c1-15-6-7-16-4-2-12-3-5-17-9-10(12)8-11(13)14/h10H,2-9H2,1H3,(H,13,14). The van der Waals surface area contributed by atoms with Gasteiger partial charge in [-0.25, -0.2) is 0 Å². The number of hydrogen-bond acceptors (Lipinski definition) is 5. The summed E-state index contributed by atoms with van der Waals surface area (Å²) in [6.45, 7) is 4.42. The Hall–Kier alpha value is -0.690. The molecule has 1 saturated heterocycles. The van der Waals surface area contributed by atoms with Gasteiger partial charge in [-0.2, -0.15) is 0 Å². The lowest BCUT2D eigenvalue weighted by Gasteiger charge is -2.34. The van der Waals surface area contributed by atoms with Crippen molar-refractivity contribution in [2.24, 2.45) is 0 Å². The molecule has 1 aliphatic rings. The van der Waals surface area contributed by atoms with Gasteiger partial charge in [-0.15, -0.1) is 0 Å². The van der Waals surface area contributed by atoms with Gasteiger partial charge in [-0.3, -0.25) is 9.69 Å². The van der Waals surface area contributed by atoms with Crippen LogP contribution in [0.25, 0.3) is 0 Å². The lowest BCUT2D eigenvalue weighted by Crippen LogP contribution is -2.47. The highest BCUT2D eigenvalue weighted by Crippen LogP contribution is 2.10. The summed E-state index contributed by atoms with van der Waals surface area (Å²) in [4.78, 5) is 12.8. The van der Waals surface area contributed by atoms with E-state index in [1.165, 1.54) is 0 Å². The van der Waals surface area contributed by atoms with Crippen LogP contribution in [-0.2, 0) is 19.0 Å². The van der Waals surface area contributed by atoms with E-state index in [0.717, 1.165) is 13.1 Å². The first kappa shape index (κ1) is 14.4. The van der Waals surface area contributed by atoms with Crippen LogP contribution in [0.3, 0.4) is 0 Å². The average Bonchev–Trinajstić information content (AvgIpc) is 2.30. The predicted molar refractivity (Wildman–Crippen MR) is 61.1 cm³/mol. The Morgan fingerprint density at radius 2 is 2.29 bits per heavy atom. The molecule has 0 aromatic carbocycles. The van der Waals surface area contributed by atoms with Crippen molar-refractivity contribution >= 4 is 5.97 Å². The van der Waals surface area contributed by atoms with E-state index in [2.05, 4.69) is 4.90 Å². The molecule has 0 bridgehead atoms. The molecule has 0 amide bonds. The van der Waals surface area contributed by atoms with Gasteiger partial charge < -0.3 is 19.3 Å². The first-order valence-electron chi connectivity index (χ1n) is 5.84. The number of carboxylic acid groups (broad SMARTS) is 1. The topological polar surface area (TPSA) is 68.2 Å². The summed E-state index contributed by atoms with van der Waals surface area (Å²) in [7, 11) is 1.63. The summed E-state index contributed by atoms with van der Waals surface area (Å²) >= 11 is 0. The van der Waals surface area contributed by atoms with Gasteiger partial charge >= 0.3 is 5.97 Å². The molecule has 1 N–H and O–H groups in total. The minimum atomic E-state index is -0.786. The van der Waals surface area contributed by atoms with Crippen molar-refractivity contribution in [3.8, 4) is 0 Å². The minimum Gasteiger partial charge on any atom is -0.481 e. The Morgan fingerprint density at radius 1 is 1.47 bits per heavy atom. The van der Waals surface area contributed by atoms with Crippen LogP contribution in [0.5, 0.6) is 0 Å². The molecule has 1 aliphatic heterocycles. The molecule has 17 heavy (non-hydrogen) atoms. The van der Waals surface area contributed by atoms with Crippen molar-refractivity contribution in [3.63, 3.8) is 0 Å². The van der Waals surface area contributed by atoms with Gasteiger partial charge in [0, 0.05) is 26.2 Å². The number of aliphatic carboxylic acids is 1. The Morgan fingerprint density at radius 3 is 3.00 bits per heavy atom. The van der Waals surface area contributed by atoms with Gasteiger partial charge in [-0.05, 0) is 0 Å². The molecular weight excluding hydrogens is 226 g/mol. The third-order valence-electron chi connectivity index (χ3n) is 2.71. The number of rotatable bonds is 8. The van der Waals surface area contributed by atoms with Gasteiger partial charge in [0.15, 0.2) is 0 Å². The SMILES string of the molecule is COCCOCCN1CCOCC1CC(=O)O. The summed E-state index contributed by atoms with van der Waals surface area (Å²) in [6.07, 6.45) is 0.123. The number of methoxy groups -OCH3 is 1. The Balaban J connectivity index is 2.20. The molecule has 6 nitrogen and oxygen atoms in total. The molecule has 0 aromatic heterocycles. The molecule has 0 aliphatic carbocycles. The smallest absolute Gasteiger partial charge is 0.305 e. The number of carbonyl (C=O) groups is 1. The highest BCUT2D eigenvalue weighted by atomic mass is 16.5. The summed E-state index contributed by atoms with van der Waals surface area (Å²) in [6, 6.07) is -0.0349. The van der Waals surface area contributed by atoms with Crippen LogP contribution < -0.4 is 0 Å². The molecule has 100 valence electrons. The zero-order valence-corrected chi connectivity index (χ0v) is 10.3. The highest BCUT2D eigenvalue weighted by molar-refractivity contribution is 5.67. The second kappa shape index (κ2) is 8.41. The molecule has 1 atom stereocenters. The normalized spacial score (nSPS) is 21.6. The minimum absolute atomic E-state index is 0.0349. The van der Waals surface area contributed by atoms with E-state index in [1.807, 2.05) is 0 Å². The van der Waals surface area contributed by atoms with Crippen LogP contribution in [0.2, 0.25) is 0 Å². The average molecular weight is 247 g/mol. The fraction of sp³-hybridized carbons (Fsp3) is 0.909. The third kappa shape index (κ3) is 5.97. The van der Waals surface area contributed by atoms with Gasteiger partial charge in [0.2, 0.25) is 0 Å².